The summed E-state index contributed by atoms with van der Waals surface area (Å²) in [6, 6.07) is 10.4. The number of halogens is 1. The molecule has 0 atom stereocenters. The van der Waals surface area contributed by atoms with Crippen LogP contribution in [-0.2, 0) is 16.4 Å². The van der Waals surface area contributed by atoms with Gasteiger partial charge < -0.3 is 10.3 Å². The van der Waals surface area contributed by atoms with Crippen LogP contribution in [0.4, 0.5) is 4.39 Å². The van der Waals surface area contributed by atoms with Gasteiger partial charge in [-0.15, -0.1) is 0 Å². The van der Waals surface area contributed by atoms with Crippen molar-refractivity contribution in [2.75, 3.05) is 6.54 Å². The molecule has 0 aliphatic rings. The van der Waals surface area contributed by atoms with Gasteiger partial charge in [-0.1, -0.05) is 12.1 Å². The molecule has 1 heterocycles. The fraction of sp³-hybridized carbons (Fsp3) is 0.118. The zero-order chi connectivity index (χ0) is 18.0. The molecule has 0 aliphatic heterocycles. The lowest BCUT2D eigenvalue weighted by molar-refractivity contribution is 0.0956. The van der Waals surface area contributed by atoms with E-state index < -0.39 is 10.0 Å². The van der Waals surface area contributed by atoms with Crippen LogP contribution < -0.4 is 10.5 Å². The van der Waals surface area contributed by atoms with Gasteiger partial charge in [0.2, 0.25) is 10.0 Å². The molecular formula is C17H16FN3O3S. The van der Waals surface area contributed by atoms with Crippen LogP contribution in [0.25, 0.3) is 10.9 Å². The van der Waals surface area contributed by atoms with Crippen LogP contribution in [0.3, 0.4) is 0 Å². The van der Waals surface area contributed by atoms with E-state index in [1.807, 2.05) is 0 Å². The molecule has 2 aromatic carbocycles. The minimum atomic E-state index is -3.71. The van der Waals surface area contributed by atoms with E-state index in [1.165, 1.54) is 24.3 Å². The summed E-state index contributed by atoms with van der Waals surface area (Å²) in [5.74, 6) is -0.636. The summed E-state index contributed by atoms with van der Waals surface area (Å²) in [7, 11) is -3.71. The lowest BCUT2D eigenvalue weighted by Crippen LogP contribution is -2.25. The highest BCUT2D eigenvalue weighted by atomic mass is 32.2. The van der Waals surface area contributed by atoms with E-state index in [9.17, 15) is 17.6 Å². The molecule has 1 amide bonds. The van der Waals surface area contributed by atoms with Crippen LogP contribution in [0, 0.1) is 5.82 Å². The van der Waals surface area contributed by atoms with E-state index in [1.54, 1.807) is 24.4 Å². The summed E-state index contributed by atoms with van der Waals surface area (Å²) >= 11 is 0. The Kier molecular flexibility index (Phi) is 4.56. The first-order valence-electron chi connectivity index (χ1n) is 7.51. The van der Waals surface area contributed by atoms with Crippen molar-refractivity contribution in [3.63, 3.8) is 0 Å². The van der Waals surface area contributed by atoms with Crippen LogP contribution in [0.5, 0.6) is 0 Å². The number of aromatic amines is 1. The second kappa shape index (κ2) is 6.66. The maximum atomic E-state index is 13.2. The molecule has 3 aromatic rings. The Balaban J connectivity index is 1.62. The summed E-state index contributed by atoms with van der Waals surface area (Å²) in [4.78, 5) is 15.2. The number of nitrogens with two attached hydrogens (primary N) is 1. The van der Waals surface area contributed by atoms with Crippen LogP contribution in [-0.4, -0.2) is 25.9 Å². The highest BCUT2D eigenvalue weighted by Gasteiger charge is 2.12. The van der Waals surface area contributed by atoms with Crippen molar-refractivity contribution in [2.45, 2.75) is 11.3 Å². The Labute approximate surface area is 143 Å². The number of carbonyl (C=O) groups excluding carboxylic acids is 1. The van der Waals surface area contributed by atoms with E-state index in [4.69, 9.17) is 5.14 Å². The quantitative estimate of drug-likeness (QED) is 0.646. The van der Waals surface area contributed by atoms with Crippen molar-refractivity contribution in [2.24, 2.45) is 5.14 Å². The minimum absolute atomic E-state index is 0.0475. The number of sulfonamides is 1. The van der Waals surface area contributed by atoms with Gasteiger partial charge in [0.25, 0.3) is 5.91 Å². The number of carbonyl (C=O) groups is 1. The summed E-state index contributed by atoms with van der Waals surface area (Å²) in [6.45, 7) is 0.376. The summed E-state index contributed by atoms with van der Waals surface area (Å²) < 4.78 is 35.6. The zero-order valence-electron chi connectivity index (χ0n) is 13.1. The Bertz CT molecular complexity index is 1030. The number of nitrogens with one attached hydrogen (secondary N) is 2. The predicted octanol–water partition coefficient (Wildman–Crippen LogP) is 1.93. The zero-order valence-corrected chi connectivity index (χ0v) is 13.9. The van der Waals surface area contributed by atoms with Gasteiger partial charge in [0.05, 0.1) is 10.5 Å². The van der Waals surface area contributed by atoms with E-state index >= 15 is 0 Å². The number of benzene rings is 2. The number of primary sulfonamides is 1. The molecule has 0 bridgehead atoms. The first-order chi connectivity index (χ1) is 11.8. The Morgan fingerprint density at radius 1 is 1.16 bits per heavy atom. The Morgan fingerprint density at radius 3 is 2.56 bits per heavy atom. The van der Waals surface area contributed by atoms with Gasteiger partial charge in [0.15, 0.2) is 0 Å². The van der Waals surface area contributed by atoms with Crippen molar-refractivity contribution in [3.8, 4) is 0 Å². The molecule has 0 aliphatic carbocycles. The van der Waals surface area contributed by atoms with Crippen LogP contribution >= 0.6 is 0 Å². The highest BCUT2D eigenvalue weighted by molar-refractivity contribution is 7.89. The summed E-state index contributed by atoms with van der Waals surface area (Å²) in [5, 5.41) is 8.48. The lowest BCUT2D eigenvalue weighted by atomic mass is 10.1. The minimum Gasteiger partial charge on any atom is -0.360 e. The first-order valence-corrected chi connectivity index (χ1v) is 9.06. The largest absolute Gasteiger partial charge is 0.360 e. The Morgan fingerprint density at radius 2 is 1.88 bits per heavy atom. The van der Waals surface area contributed by atoms with Crippen molar-refractivity contribution in [1.82, 2.24) is 10.3 Å². The molecular weight excluding hydrogens is 345 g/mol. The van der Waals surface area contributed by atoms with Gasteiger partial charge >= 0.3 is 0 Å². The van der Waals surface area contributed by atoms with Gasteiger partial charge in [-0.3, -0.25) is 4.79 Å². The van der Waals surface area contributed by atoms with Gasteiger partial charge in [-0.25, -0.2) is 17.9 Å². The van der Waals surface area contributed by atoms with Crippen LogP contribution in [0.2, 0.25) is 0 Å². The third-order valence-corrected chi connectivity index (χ3v) is 4.77. The van der Waals surface area contributed by atoms with Gasteiger partial charge in [-0.05, 0) is 42.3 Å². The fourth-order valence-electron chi connectivity index (χ4n) is 2.55. The predicted molar refractivity (Wildman–Crippen MR) is 92.1 cm³/mol. The normalized spacial score (nSPS) is 11.6. The topological polar surface area (TPSA) is 105 Å². The van der Waals surface area contributed by atoms with Gasteiger partial charge in [-0.2, -0.15) is 0 Å². The van der Waals surface area contributed by atoms with Crippen LogP contribution in [0.15, 0.2) is 53.6 Å². The Hall–Kier alpha value is -2.71. The van der Waals surface area contributed by atoms with E-state index in [0.29, 0.717) is 29.4 Å². The number of aromatic nitrogens is 1. The average Bonchev–Trinajstić information content (AvgIpc) is 2.97. The van der Waals surface area contributed by atoms with Crippen LogP contribution in [0.1, 0.15) is 15.9 Å². The van der Waals surface area contributed by atoms with E-state index in [0.717, 1.165) is 5.56 Å². The SMILES string of the molecule is NS(=O)(=O)c1ccc(CCNC(=O)c2c[nH]c3cc(F)ccc23)cc1. The molecule has 0 saturated carbocycles. The van der Waals surface area contributed by atoms with Crippen molar-refractivity contribution < 1.29 is 17.6 Å². The molecule has 130 valence electrons. The number of H-pyrrole nitrogens is 1. The average molecular weight is 361 g/mol. The third-order valence-electron chi connectivity index (χ3n) is 3.84. The monoisotopic (exact) mass is 361 g/mol. The molecule has 1 aromatic heterocycles. The fourth-order valence-corrected chi connectivity index (χ4v) is 3.06. The number of fused-ring (bicyclic) bond motifs is 1. The standard InChI is InChI=1S/C17H16FN3O3S/c18-12-3-6-14-15(10-21-16(14)9-12)17(22)20-8-7-11-1-4-13(5-2-11)25(19,23)24/h1-6,9-10,21H,7-8H2,(H,20,22)(H2,19,23,24). The van der Waals surface area contributed by atoms with Gasteiger partial charge in [0, 0.05) is 23.6 Å². The maximum Gasteiger partial charge on any atom is 0.253 e. The molecule has 4 N–H and O–H groups in total. The molecule has 3 rings (SSSR count). The molecule has 6 nitrogen and oxygen atoms in total. The van der Waals surface area contributed by atoms with Crippen molar-refractivity contribution >= 4 is 26.8 Å². The smallest absolute Gasteiger partial charge is 0.253 e. The highest BCUT2D eigenvalue weighted by Crippen LogP contribution is 2.19. The number of amides is 1. The second-order valence-corrected chi connectivity index (χ2v) is 7.15. The first kappa shape index (κ1) is 17.1. The van der Waals surface area contributed by atoms with E-state index in [-0.39, 0.29) is 16.6 Å². The molecule has 0 fully saturated rings. The van der Waals surface area contributed by atoms with Crippen molar-refractivity contribution in [1.29, 1.82) is 0 Å². The van der Waals surface area contributed by atoms with Gasteiger partial charge in [0.1, 0.15) is 5.82 Å². The summed E-state index contributed by atoms with van der Waals surface area (Å²) in [6.07, 6.45) is 2.08. The maximum absolute atomic E-state index is 13.2. The third kappa shape index (κ3) is 3.86. The molecule has 8 heteroatoms. The molecule has 25 heavy (non-hydrogen) atoms. The number of hydrogen-bond acceptors (Lipinski definition) is 3. The molecule has 0 unspecified atom stereocenters. The number of rotatable bonds is 5. The molecule has 0 saturated heterocycles. The van der Waals surface area contributed by atoms with Crippen molar-refractivity contribution in [3.05, 3.63) is 65.6 Å². The lowest BCUT2D eigenvalue weighted by Gasteiger charge is -2.06. The molecule has 0 spiro atoms. The van der Waals surface area contributed by atoms with E-state index in [2.05, 4.69) is 10.3 Å². The molecule has 0 radical (unpaired) electrons. The summed E-state index contributed by atoms with van der Waals surface area (Å²) in [5.41, 5.74) is 1.87. The second-order valence-electron chi connectivity index (χ2n) is 5.59. The number of hydrogen-bond donors (Lipinski definition) is 3.